The quantitative estimate of drug-likeness (QED) is 0.453. The van der Waals surface area contributed by atoms with Gasteiger partial charge in [0, 0.05) is 16.1 Å². The molecule has 27 heavy (non-hydrogen) atoms. The Morgan fingerprint density at radius 3 is 2.41 bits per heavy atom. The molecule has 0 saturated heterocycles. The number of rotatable bonds is 5. The molecule has 1 aliphatic carbocycles. The highest BCUT2D eigenvalue weighted by Gasteiger charge is 2.61. The van der Waals surface area contributed by atoms with Crippen molar-refractivity contribution in [1.29, 1.82) is 0 Å². The number of allylic oxidation sites excluding steroid dienone is 1. The minimum atomic E-state index is -0.312. The molecule has 0 aliphatic heterocycles. The molecule has 2 nitrogen and oxygen atoms in total. The van der Waals surface area contributed by atoms with Gasteiger partial charge in [-0.3, -0.25) is 4.79 Å². The molecular formula is C21H18Cl4O2. The molecule has 1 aliphatic rings. The lowest BCUT2D eigenvalue weighted by molar-refractivity contribution is -0.147. The summed E-state index contributed by atoms with van der Waals surface area (Å²) in [6.45, 7) is 3.97. The molecule has 2 aromatic rings. The zero-order chi connectivity index (χ0) is 19.8. The summed E-state index contributed by atoms with van der Waals surface area (Å²) in [6.07, 6.45) is 1.69. The van der Waals surface area contributed by atoms with Gasteiger partial charge in [-0.15, -0.1) is 0 Å². The van der Waals surface area contributed by atoms with Crippen LogP contribution in [0, 0.1) is 17.3 Å². The van der Waals surface area contributed by atoms with E-state index in [1.165, 1.54) is 0 Å². The number of hydrogen-bond donors (Lipinski definition) is 0. The summed E-state index contributed by atoms with van der Waals surface area (Å²) >= 11 is 24.3. The van der Waals surface area contributed by atoms with Crippen LogP contribution >= 0.6 is 46.4 Å². The standard InChI is InChI=1S/C21H18Cl4O2/c1-21(2)15(10-17(23)24)18(21)20(26)27-11-14-16(22)9-8-13(19(14)25)12-6-4-3-5-7-12/h3-10,15,18H,11H2,1-2H3/t15-,18-/m1/s1. The van der Waals surface area contributed by atoms with E-state index in [9.17, 15) is 4.79 Å². The number of hydrogen-bond acceptors (Lipinski definition) is 2. The van der Waals surface area contributed by atoms with Crippen molar-refractivity contribution in [3.05, 3.63) is 68.6 Å². The topological polar surface area (TPSA) is 26.3 Å². The summed E-state index contributed by atoms with van der Waals surface area (Å²) in [4.78, 5) is 12.5. The van der Waals surface area contributed by atoms with Crippen molar-refractivity contribution in [2.45, 2.75) is 20.5 Å². The maximum absolute atomic E-state index is 12.5. The largest absolute Gasteiger partial charge is 0.460 e. The predicted octanol–water partition coefficient (Wildman–Crippen LogP) is 7.29. The molecule has 2 atom stereocenters. The second-order valence-electron chi connectivity index (χ2n) is 7.14. The fourth-order valence-electron chi connectivity index (χ4n) is 3.38. The van der Waals surface area contributed by atoms with Crippen LogP contribution in [0.2, 0.25) is 10.0 Å². The lowest BCUT2D eigenvalue weighted by Gasteiger charge is -2.13. The molecule has 0 N–H and O–H groups in total. The van der Waals surface area contributed by atoms with Crippen molar-refractivity contribution in [2.24, 2.45) is 17.3 Å². The molecule has 6 heteroatoms. The van der Waals surface area contributed by atoms with E-state index in [4.69, 9.17) is 51.1 Å². The second kappa shape index (κ2) is 8.05. The van der Waals surface area contributed by atoms with Crippen LogP contribution in [-0.2, 0) is 16.1 Å². The van der Waals surface area contributed by atoms with Gasteiger partial charge in [-0.25, -0.2) is 0 Å². The van der Waals surface area contributed by atoms with E-state index in [1.807, 2.05) is 50.2 Å². The molecule has 0 aromatic heterocycles. The first-order chi connectivity index (χ1) is 12.7. The number of halogens is 4. The minimum Gasteiger partial charge on any atom is -0.460 e. The SMILES string of the molecule is CC1(C)[C@H](C=C(Cl)Cl)[C@@H]1C(=O)OCc1c(Cl)ccc(-c2ccccc2)c1Cl. The summed E-state index contributed by atoms with van der Waals surface area (Å²) < 4.78 is 5.69. The highest BCUT2D eigenvalue weighted by molar-refractivity contribution is 6.55. The third-order valence-corrected chi connectivity index (χ3v) is 6.14. The number of carbonyl (C=O) groups excluding carboxylic acids is 1. The molecule has 0 heterocycles. The van der Waals surface area contributed by atoms with Gasteiger partial charge in [-0.05, 0) is 29.0 Å². The van der Waals surface area contributed by atoms with Crippen molar-refractivity contribution >= 4 is 52.4 Å². The summed E-state index contributed by atoms with van der Waals surface area (Å²) in [5, 5.41) is 0.944. The first-order valence-electron chi connectivity index (χ1n) is 8.45. The fourth-order valence-corrected chi connectivity index (χ4v) is 4.24. The summed E-state index contributed by atoms with van der Waals surface area (Å²) in [6, 6.07) is 13.4. The molecule has 0 amide bonds. The van der Waals surface area contributed by atoms with Gasteiger partial charge in [0.1, 0.15) is 11.1 Å². The zero-order valence-electron chi connectivity index (χ0n) is 14.8. The van der Waals surface area contributed by atoms with Gasteiger partial charge in [-0.2, -0.15) is 0 Å². The Morgan fingerprint density at radius 2 is 1.78 bits per heavy atom. The monoisotopic (exact) mass is 442 g/mol. The van der Waals surface area contributed by atoms with Crippen LogP contribution < -0.4 is 0 Å². The third kappa shape index (κ3) is 4.30. The van der Waals surface area contributed by atoms with Gasteiger partial charge in [0.25, 0.3) is 0 Å². The van der Waals surface area contributed by atoms with Crippen LogP contribution in [0.1, 0.15) is 19.4 Å². The van der Waals surface area contributed by atoms with E-state index >= 15 is 0 Å². The smallest absolute Gasteiger partial charge is 0.310 e. The van der Waals surface area contributed by atoms with Crippen LogP contribution in [0.15, 0.2) is 53.0 Å². The molecule has 0 unspecified atom stereocenters. The van der Waals surface area contributed by atoms with E-state index in [0.29, 0.717) is 15.6 Å². The Labute approximate surface area is 179 Å². The number of benzene rings is 2. The van der Waals surface area contributed by atoms with Crippen molar-refractivity contribution in [1.82, 2.24) is 0 Å². The lowest BCUT2D eigenvalue weighted by atomic mass is 10.0. The first-order valence-corrected chi connectivity index (χ1v) is 9.96. The predicted molar refractivity (Wildman–Crippen MR) is 112 cm³/mol. The summed E-state index contributed by atoms with van der Waals surface area (Å²) in [5.41, 5.74) is 2.16. The van der Waals surface area contributed by atoms with Crippen LogP contribution in [0.4, 0.5) is 0 Å². The maximum atomic E-state index is 12.5. The molecule has 0 spiro atoms. The first kappa shape index (κ1) is 20.5. The van der Waals surface area contributed by atoms with Gasteiger partial charge >= 0.3 is 5.97 Å². The Kier molecular flexibility index (Phi) is 6.12. The molecule has 0 bridgehead atoms. The van der Waals surface area contributed by atoms with Crippen LogP contribution in [0.25, 0.3) is 11.1 Å². The van der Waals surface area contributed by atoms with Gasteiger partial charge in [0.05, 0.1) is 10.9 Å². The summed E-state index contributed by atoms with van der Waals surface area (Å²) in [5.74, 6) is -0.649. The van der Waals surface area contributed by atoms with Crippen molar-refractivity contribution < 1.29 is 9.53 Å². The number of esters is 1. The van der Waals surface area contributed by atoms with E-state index in [2.05, 4.69) is 0 Å². The van der Waals surface area contributed by atoms with E-state index in [-0.39, 0.29) is 34.3 Å². The fraction of sp³-hybridized carbons (Fsp3) is 0.286. The second-order valence-corrected chi connectivity index (χ2v) is 8.94. The van der Waals surface area contributed by atoms with Crippen LogP contribution in [0.5, 0.6) is 0 Å². The lowest BCUT2D eigenvalue weighted by Crippen LogP contribution is -2.11. The van der Waals surface area contributed by atoms with Crippen LogP contribution in [-0.4, -0.2) is 5.97 Å². The number of carbonyl (C=O) groups is 1. The Morgan fingerprint density at radius 1 is 1.11 bits per heavy atom. The van der Waals surface area contributed by atoms with Crippen molar-refractivity contribution in [3.63, 3.8) is 0 Å². The Bertz CT molecular complexity index is 887. The number of ether oxygens (including phenoxy) is 1. The van der Waals surface area contributed by atoms with E-state index < -0.39 is 0 Å². The molecule has 142 valence electrons. The average Bonchev–Trinajstić information content (AvgIpc) is 3.14. The van der Waals surface area contributed by atoms with Crippen molar-refractivity contribution in [3.8, 4) is 11.1 Å². The van der Waals surface area contributed by atoms with E-state index in [1.54, 1.807) is 12.1 Å². The Balaban J connectivity index is 1.77. The van der Waals surface area contributed by atoms with Gasteiger partial charge in [0.15, 0.2) is 0 Å². The Hall–Kier alpha value is -1.19. The molecule has 1 saturated carbocycles. The molecule has 3 rings (SSSR count). The molecular weight excluding hydrogens is 426 g/mol. The van der Waals surface area contributed by atoms with E-state index in [0.717, 1.165) is 11.1 Å². The van der Waals surface area contributed by atoms with Gasteiger partial charge in [-0.1, -0.05) is 96.6 Å². The zero-order valence-corrected chi connectivity index (χ0v) is 17.8. The summed E-state index contributed by atoms with van der Waals surface area (Å²) in [7, 11) is 0. The normalized spacial score (nSPS) is 20.1. The molecule has 1 fully saturated rings. The highest BCUT2D eigenvalue weighted by atomic mass is 35.5. The van der Waals surface area contributed by atoms with Crippen LogP contribution in [0.3, 0.4) is 0 Å². The maximum Gasteiger partial charge on any atom is 0.310 e. The molecule has 2 aromatic carbocycles. The van der Waals surface area contributed by atoms with Gasteiger partial charge in [0.2, 0.25) is 0 Å². The molecule has 0 radical (unpaired) electrons. The van der Waals surface area contributed by atoms with Crippen molar-refractivity contribution in [2.75, 3.05) is 0 Å². The average molecular weight is 444 g/mol. The third-order valence-electron chi connectivity index (χ3n) is 5.10. The van der Waals surface area contributed by atoms with Gasteiger partial charge < -0.3 is 4.74 Å². The highest BCUT2D eigenvalue weighted by Crippen LogP contribution is 2.60. The minimum absolute atomic E-state index is 0.00873.